The van der Waals surface area contributed by atoms with Crippen molar-refractivity contribution in [3.63, 3.8) is 0 Å². The van der Waals surface area contributed by atoms with Crippen LogP contribution in [0.5, 0.6) is 5.75 Å². The summed E-state index contributed by atoms with van der Waals surface area (Å²) in [6, 6.07) is 14.9. The number of ether oxygens (including phenoxy) is 1. The molecule has 2 aromatic carbocycles. The number of benzene rings is 2. The molecular weight excluding hydrogens is 384 g/mol. The summed E-state index contributed by atoms with van der Waals surface area (Å²) in [6.45, 7) is 4.42. The zero-order valence-corrected chi connectivity index (χ0v) is 18.3. The number of hydrogen-bond acceptors (Lipinski definition) is 3. The third kappa shape index (κ3) is 3.84. The molecule has 1 fully saturated rings. The maximum Gasteiger partial charge on any atom is 0.255 e. The zero-order chi connectivity index (χ0) is 21.2. The van der Waals surface area contributed by atoms with Crippen LogP contribution in [0, 0.1) is 5.92 Å². The van der Waals surface area contributed by atoms with Crippen LogP contribution in [-0.4, -0.2) is 30.5 Å². The molecule has 162 valence electrons. The number of carbonyl (C=O) groups is 1. The largest absolute Gasteiger partial charge is 0.494 e. The molecule has 0 aromatic heterocycles. The van der Waals surface area contributed by atoms with Crippen LogP contribution >= 0.6 is 0 Å². The van der Waals surface area contributed by atoms with Crippen molar-refractivity contribution in [1.29, 1.82) is 0 Å². The molecule has 3 unspecified atom stereocenters. The Labute approximate surface area is 185 Å². The summed E-state index contributed by atoms with van der Waals surface area (Å²) in [4.78, 5) is 15.6. The van der Waals surface area contributed by atoms with Crippen molar-refractivity contribution in [3.8, 4) is 5.75 Å². The molecule has 3 atom stereocenters. The van der Waals surface area contributed by atoms with Gasteiger partial charge in [-0.3, -0.25) is 4.79 Å². The molecule has 1 amide bonds. The van der Waals surface area contributed by atoms with Gasteiger partial charge in [0.25, 0.3) is 5.91 Å². The SMILES string of the molecule is CCOc1ccc(C2Nc3c(C(=O)N4CCCCCC4)cccc3C3C=CCC32)cc1. The molecule has 3 aliphatic rings. The van der Waals surface area contributed by atoms with Crippen LogP contribution in [-0.2, 0) is 0 Å². The summed E-state index contributed by atoms with van der Waals surface area (Å²) >= 11 is 0. The second-order valence-electron chi connectivity index (χ2n) is 8.95. The summed E-state index contributed by atoms with van der Waals surface area (Å²) < 4.78 is 5.64. The van der Waals surface area contributed by atoms with E-state index >= 15 is 0 Å². The maximum atomic E-state index is 13.5. The van der Waals surface area contributed by atoms with Crippen LogP contribution in [0.3, 0.4) is 0 Å². The van der Waals surface area contributed by atoms with Gasteiger partial charge in [-0.1, -0.05) is 49.3 Å². The number of nitrogens with zero attached hydrogens (tertiary/aromatic N) is 1. The molecule has 4 heteroatoms. The highest BCUT2D eigenvalue weighted by molar-refractivity contribution is 6.00. The average molecular weight is 417 g/mol. The molecule has 31 heavy (non-hydrogen) atoms. The van der Waals surface area contributed by atoms with Crippen molar-refractivity contribution in [2.45, 2.75) is 51.0 Å². The number of rotatable bonds is 4. The van der Waals surface area contributed by atoms with Crippen LogP contribution in [0.2, 0.25) is 0 Å². The van der Waals surface area contributed by atoms with Crippen molar-refractivity contribution in [2.75, 3.05) is 25.0 Å². The van der Waals surface area contributed by atoms with E-state index in [-0.39, 0.29) is 11.9 Å². The van der Waals surface area contributed by atoms with E-state index in [4.69, 9.17) is 4.74 Å². The van der Waals surface area contributed by atoms with Gasteiger partial charge in [0, 0.05) is 19.0 Å². The van der Waals surface area contributed by atoms with Crippen molar-refractivity contribution >= 4 is 11.6 Å². The third-order valence-corrected chi connectivity index (χ3v) is 7.07. The van der Waals surface area contributed by atoms with Gasteiger partial charge in [0.05, 0.1) is 23.9 Å². The van der Waals surface area contributed by atoms with Crippen LogP contribution in [0.4, 0.5) is 5.69 Å². The Hall–Kier alpha value is -2.75. The number of carbonyl (C=O) groups excluding carboxylic acids is 1. The Bertz CT molecular complexity index is 958. The molecular formula is C27H32N2O2. The van der Waals surface area contributed by atoms with Crippen molar-refractivity contribution in [3.05, 3.63) is 71.3 Å². The lowest BCUT2D eigenvalue weighted by Gasteiger charge is -2.38. The maximum absolute atomic E-state index is 13.5. The highest BCUT2D eigenvalue weighted by atomic mass is 16.5. The molecule has 0 saturated carbocycles. The minimum absolute atomic E-state index is 0.178. The molecule has 4 nitrogen and oxygen atoms in total. The average Bonchev–Trinajstić information content (AvgIpc) is 3.14. The molecule has 2 aromatic rings. The first-order valence-electron chi connectivity index (χ1n) is 11.8. The van der Waals surface area contributed by atoms with Crippen LogP contribution in [0.1, 0.15) is 72.5 Å². The summed E-state index contributed by atoms with van der Waals surface area (Å²) in [5.41, 5.74) is 4.38. The Balaban J connectivity index is 1.49. The highest BCUT2D eigenvalue weighted by Crippen LogP contribution is 2.50. The normalized spacial score (nSPS) is 24.7. The number of likely N-dealkylation sites (tertiary alicyclic amines) is 1. The Kier molecular flexibility index (Phi) is 5.71. The fourth-order valence-corrected chi connectivity index (χ4v) is 5.51. The first-order valence-corrected chi connectivity index (χ1v) is 11.8. The Morgan fingerprint density at radius 3 is 2.58 bits per heavy atom. The predicted octanol–water partition coefficient (Wildman–Crippen LogP) is 5.93. The van der Waals surface area contributed by atoms with Gasteiger partial charge in [-0.15, -0.1) is 0 Å². The highest BCUT2D eigenvalue weighted by Gasteiger charge is 2.39. The number of fused-ring (bicyclic) bond motifs is 3. The van der Waals surface area contributed by atoms with Gasteiger partial charge in [0.15, 0.2) is 0 Å². The van der Waals surface area contributed by atoms with Gasteiger partial charge in [-0.05, 0) is 61.4 Å². The first-order chi connectivity index (χ1) is 15.3. The van der Waals surface area contributed by atoms with E-state index in [9.17, 15) is 4.79 Å². The monoisotopic (exact) mass is 416 g/mol. The Morgan fingerprint density at radius 1 is 1.06 bits per heavy atom. The molecule has 1 N–H and O–H groups in total. The molecule has 1 aliphatic carbocycles. The van der Waals surface area contributed by atoms with Crippen molar-refractivity contribution in [1.82, 2.24) is 4.90 Å². The smallest absolute Gasteiger partial charge is 0.255 e. The number of hydrogen-bond donors (Lipinski definition) is 1. The second-order valence-corrected chi connectivity index (χ2v) is 8.95. The lowest BCUT2D eigenvalue weighted by Crippen LogP contribution is -2.35. The van der Waals surface area contributed by atoms with E-state index in [1.807, 2.05) is 13.0 Å². The third-order valence-electron chi connectivity index (χ3n) is 7.07. The van der Waals surface area contributed by atoms with Gasteiger partial charge in [0.2, 0.25) is 0 Å². The van der Waals surface area contributed by atoms with Gasteiger partial charge < -0.3 is 15.0 Å². The van der Waals surface area contributed by atoms with E-state index < -0.39 is 0 Å². The van der Waals surface area contributed by atoms with E-state index in [0.717, 1.165) is 49.4 Å². The molecule has 2 heterocycles. The predicted molar refractivity (Wildman–Crippen MR) is 125 cm³/mol. The summed E-state index contributed by atoms with van der Waals surface area (Å²) in [6.07, 6.45) is 10.4. The lowest BCUT2D eigenvalue weighted by atomic mass is 9.76. The summed E-state index contributed by atoms with van der Waals surface area (Å²) in [7, 11) is 0. The standard InChI is InChI=1S/C27H32N2O2/c1-2-31-20-15-13-19(14-16-20)25-22-10-7-9-21(22)23-11-8-12-24(26(23)28-25)27(30)29-17-5-3-4-6-18-29/h7-9,11-16,21-22,25,28H,2-6,10,17-18H2,1H3. The fraction of sp³-hybridized carbons (Fsp3) is 0.444. The molecule has 0 bridgehead atoms. The first kappa shape index (κ1) is 20.2. The Morgan fingerprint density at radius 2 is 1.84 bits per heavy atom. The topological polar surface area (TPSA) is 41.6 Å². The van der Waals surface area contributed by atoms with Gasteiger partial charge in [-0.2, -0.15) is 0 Å². The van der Waals surface area contributed by atoms with Gasteiger partial charge in [-0.25, -0.2) is 0 Å². The fourth-order valence-electron chi connectivity index (χ4n) is 5.51. The van der Waals surface area contributed by atoms with E-state index in [0.29, 0.717) is 18.4 Å². The molecule has 0 spiro atoms. The summed E-state index contributed by atoms with van der Waals surface area (Å²) in [5, 5.41) is 3.81. The minimum Gasteiger partial charge on any atom is -0.494 e. The quantitative estimate of drug-likeness (QED) is 0.628. The lowest BCUT2D eigenvalue weighted by molar-refractivity contribution is 0.0762. The van der Waals surface area contributed by atoms with E-state index in [1.165, 1.54) is 24.0 Å². The molecule has 1 saturated heterocycles. The number of anilines is 1. The van der Waals surface area contributed by atoms with E-state index in [1.54, 1.807) is 0 Å². The van der Waals surface area contributed by atoms with Crippen molar-refractivity contribution < 1.29 is 9.53 Å². The minimum atomic E-state index is 0.178. The van der Waals surface area contributed by atoms with Gasteiger partial charge in [0.1, 0.15) is 5.75 Å². The second kappa shape index (κ2) is 8.78. The number of nitrogens with one attached hydrogen (secondary N) is 1. The molecule has 5 rings (SSSR count). The van der Waals surface area contributed by atoms with Crippen LogP contribution < -0.4 is 10.1 Å². The molecule has 0 radical (unpaired) electrons. The van der Waals surface area contributed by atoms with Gasteiger partial charge >= 0.3 is 0 Å². The number of para-hydroxylation sites is 1. The molecule has 2 aliphatic heterocycles. The number of amides is 1. The van der Waals surface area contributed by atoms with Crippen molar-refractivity contribution in [2.24, 2.45) is 5.92 Å². The van der Waals surface area contributed by atoms with Crippen LogP contribution in [0.15, 0.2) is 54.6 Å². The summed E-state index contributed by atoms with van der Waals surface area (Å²) in [5.74, 6) is 1.90. The zero-order valence-electron chi connectivity index (χ0n) is 18.3. The number of allylic oxidation sites excluding steroid dienone is 2. The van der Waals surface area contributed by atoms with E-state index in [2.05, 4.69) is 58.8 Å². The van der Waals surface area contributed by atoms with Crippen LogP contribution in [0.25, 0.3) is 0 Å².